The summed E-state index contributed by atoms with van der Waals surface area (Å²) in [5.74, 6) is 0.818. The highest BCUT2D eigenvalue weighted by molar-refractivity contribution is 7.16. The number of fused-ring (bicyclic) bond motifs is 1. The van der Waals surface area contributed by atoms with Gasteiger partial charge in [-0.15, -0.1) is 11.3 Å². The number of nitrogens with zero attached hydrogens (tertiary/aromatic N) is 2. The first-order chi connectivity index (χ1) is 14.7. The second-order valence-corrected chi connectivity index (χ2v) is 8.85. The minimum absolute atomic E-state index is 0.00242. The maximum Gasteiger partial charge on any atom is 0.242 e. The van der Waals surface area contributed by atoms with Gasteiger partial charge in [0, 0.05) is 24.7 Å². The van der Waals surface area contributed by atoms with Gasteiger partial charge in [0.05, 0.1) is 21.4 Å². The molecule has 0 spiro atoms. The second-order valence-electron chi connectivity index (χ2n) is 7.73. The third kappa shape index (κ3) is 3.91. The maximum absolute atomic E-state index is 12.2. The standard InChI is InChI=1S/C22H24N4O3S/c27-21(17-6-3-10-23-17)25-20-8-7-19(30-20)22(28)26-12-14(13-26)29-18-9-11-24-16-5-2-1-4-15(16)18/h1-2,4-5,7-9,11,14,17,22-23,28H,3,6,10,12-13H2,(H,25,27). The number of hydrogen-bond donors (Lipinski definition) is 3. The number of carbonyl (C=O) groups excluding carboxylic acids is 1. The van der Waals surface area contributed by atoms with Crippen LogP contribution in [0, 0.1) is 0 Å². The topological polar surface area (TPSA) is 86.7 Å². The van der Waals surface area contributed by atoms with E-state index in [1.807, 2.05) is 47.4 Å². The Bertz CT molecular complexity index is 1040. The normalized spacial score (nSPS) is 20.8. The molecule has 156 valence electrons. The Kier molecular flexibility index (Phi) is 5.39. The molecular weight excluding hydrogens is 400 g/mol. The van der Waals surface area contributed by atoms with Crippen LogP contribution in [0.5, 0.6) is 5.75 Å². The maximum atomic E-state index is 12.2. The van der Waals surface area contributed by atoms with E-state index in [1.54, 1.807) is 6.20 Å². The Morgan fingerprint density at radius 2 is 2.13 bits per heavy atom. The van der Waals surface area contributed by atoms with E-state index in [0.717, 1.165) is 45.9 Å². The molecule has 4 heterocycles. The van der Waals surface area contributed by atoms with E-state index in [0.29, 0.717) is 13.1 Å². The minimum Gasteiger partial charge on any atom is -0.487 e. The Morgan fingerprint density at radius 3 is 2.97 bits per heavy atom. The van der Waals surface area contributed by atoms with Gasteiger partial charge in [0.25, 0.3) is 0 Å². The first-order valence-electron chi connectivity index (χ1n) is 10.2. The number of aliphatic hydroxyl groups is 1. The van der Waals surface area contributed by atoms with Crippen molar-refractivity contribution < 1.29 is 14.6 Å². The van der Waals surface area contributed by atoms with E-state index in [2.05, 4.69) is 15.6 Å². The largest absolute Gasteiger partial charge is 0.487 e. The van der Waals surface area contributed by atoms with Crippen molar-refractivity contribution in [2.24, 2.45) is 0 Å². The van der Waals surface area contributed by atoms with Crippen LogP contribution in [0.3, 0.4) is 0 Å². The number of thiophene rings is 1. The summed E-state index contributed by atoms with van der Waals surface area (Å²) in [6, 6.07) is 13.4. The first kappa shape index (κ1) is 19.4. The van der Waals surface area contributed by atoms with Gasteiger partial charge in [-0.1, -0.05) is 12.1 Å². The predicted octanol–water partition coefficient (Wildman–Crippen LogP) is 2.74. The van der Waals surface area contributed by atoms with Crippen molar-refractivity contribution >= 4 is 33.1 Å². The summed E-state index contributed by atoms with van der Waals surface area (Å²) in [6.45, 7) is 2.17. The number of aromatic nitrogens is 1. The smallest absolute Gasteiger partial charge is 0.242 e. The molecule has 2 saturated heterocycles. The fourth-order valence-electron chi connectivity index (χ4n) is 3.95. The highest BCUT2D eigenvalue weighted by Crippen LogP contribution is 2.33. The Hall–Kier alpha value is -2.52. The molecule has 0 aliphatic carbocycles. The van der Waals surface area contributed by atoms with Crippen LogP contribution in [-0.2, 0) is 4.79 Å². The van der Waals surface area contributed by atoms with E-state index in [4.69, 9.17) is 4.74 Å². The van der Waals surface area contributed by atoms with Crippen LogP contribution in [0.15, 0.2) is 48.7 Å². The number of nitrogens with one attached hydrogen (secondary N) is 2. The van der Waals surface area contributed by atoms with Crippen LogP contribution in [0.1, 0.15) is 23.9 Å². The molecule has 8 heteroatoms. The number of amides is 1. The van der Waals surface area contributed by atoms with Crippen LogP contribution in [0.25, 0.3) is 10.9 Å². The van der Waals surface area contributed by atoms with Gasteiger partial charge in [0.1, 0.15) is 18.1 Å². The van der Waals surface area contributed by atoms with Gasteiger partial charge in [-0.25, -0.2) is 0 Å². The number of anilines is 1. The Morgan fingerprint density at radius 1 is 1.27 bits per heavy atom. The summed E-state index contributed by atoms with van der Waals surface area (Å²) in [5.41, 5.74) is 0.909. The molecular formula is C22H24N4O3S. The predicted molar refractivity (Wildman–Crippen MR) is 117 cm³/mol. The molecule has 7 nitrogen and oxygen atoms in total. The van der Waals surface area contributed by atoms with Gasteiger partial charge >= 0.3 is 0 Å². The summed E-state index contributed by atoms with van der Waals surface area (Å²) >= 11 is 1.41. The number of benzene rings is 1. The average Bonchev–Trinajstić information content (AvgIpc) is 3.42. The van der Waals surface area contributed by atoms with Crippen molar-refractivity contribution in [3.05, 3.63) is 53.5 Å². The fraction of sp³-hybridized carbons (Fsp3) is 0.364. The van der Waals surface area contributed by atoms with Crippen molar-refractivity contribution in [1.29, 1.82) is 0 Å². The summed E-state index contributed by atoms with van der Waals surface area (Å²) in [6.07, 6.45) is 2.98. The highest BCUT2D eigenvalue weighted by Gasteiger charge is 2.34. The number of ether oxygens (including phenoxy) is 1. The fourth-order valence-corrected chi connectivity index (χ4v) is 4.88. The van der Waals surface area contributed by atoms with Crippen LogP contribution in [-0.4, -0.2) is 52.7 Å². The van der Waals surface area contributed by atoms with Crippen molar-refractivity contribution in [2.75, 3.05) is 25.0 Å². The molecule has 5 rings (SSSR count). The molecule has 2 atom stereocenters. The number of rotatable bonds is 6. The summed E-state index contributed by atoms with van der Waals surface area (Å²) in [4.78, 5) is 19.4. The summed E-state index contributed by atoms with van der Waals surface area (Å²) in [5, 5.41) is 18.6. The first-order valence-corrected chi connectivity index (χ1v) is 11.1. The van der Waals surface area contributed by atoms with Crippen LogP contribution in [0.4, 0.5) is 5.00 Å². The van der Waals surface area contributed by atoms with Gasteiger partial charge in [-0.05, 0) is 49.7 Å². The molecule has 2 aliphatic heterocycles. The molecule has 2 fully saturated rings. The van der Waals surface area contributed by atoms with Crippen molar-refractivity contribution in [3.63, 3.8) is 0 Å². The minimum atomic E-state index is -0.695. The number of hydrogen-bond acceptors (Lipinski definition) is 7. The molecule has 30 heavy (non-hydrogen) atoms. The molecule has 3 aromatic rings. The van der Waals surface area contributed by atoms with Gasteiger partial charge in [-0.2, -0.15) is 0 Å². The molecule has 2 aromatic heterocycles. The van der Waals surface area contributed by atoms with Gasteiger partial charge in [0.2, 0.25) is 5.91 Å². The zero-order valence-electron chi connectivity index (χ0n) is 16.5. The number of carbonyl (C=O) groups is 1. The molecule has 0 saturated carbocycles. The summed E-state index contributed by atoms with van der Waals surface area (Å²) < 4.78 is 6.14. The number of aliphatic hydroxyl groups excluding tert-OH is 1. The van der Waals surface area contributed by atoms with Crippen LogP contribution < -0.4 is 15.4 Å². The van der Waals surface area contributed by atoms with E-state index >= 15 is 0 Å². The van der Waals surface area contributed by atoms with Crippen molar-refractivity contribution in [3.8, 4) is 5.75 Å². The monoisotopic (exact) mass is 424 g/mol. The zero-order chi connectivity index (χ0) is 20.5. The second kappa shape index (κ2) is 8.31. The number of likely N-dealkylation sites (tertiary alicyclic amines) is 1. The van der Waals surface area contributed by atoms with E-state index in [-0.39, 0.29) is 18.1 Å². The Labute approximate surface area is 178 Å². The highest BCUT2D eigenvalue weighted by atomic mass is 32.1. The van der Waals surface area contributed by atoms with Crippen LogP contribution >= 0.6 is 11.3 Å². The molecule has 1 aromatic carbocycles. The van der Waals surface area contributed by atoms with Gasteiger partial charge < -0.3 is 20.5 Å². The van der Waals surface area contributed by atoms with Gasteiger partial charge in [0.15, 0.2) is 0 Å². The molecule has 0 bridgehead atoms. The third-order valence-electron chi connectivity index (χ3n) is 5.63. The van der Waals surface area contributed by atoms with Gasteiger partial charge in [-0.3, -0.25) is 14.7 Å². The quantitative estimate of drug-likeness (QED) is 0.564. The molecule has 2 unspecified atom stereocenters. The van der Waals surface area contributed by atoms with E-state index in [9.17, 15) is 9.90 Å². The lowest BCUT2D eigenvalue weighted by molar-refractivity contribution is -0.117. The lowest BCUT2D eigenvalue weighted by Crippen LogP contribution is -2.54. The number of para-hydroxylation sites is 1. The Balaban J connectivity index is 1.16. The molecule has 1 amide bonds. The van der Waals surface area contributed by atoms with Crippen molar-refractivity contribution in [1.82, 2.24) is 15.2 Å². The third-order valence-corrected chi connectivity index (χ3v) is 6.67. The molecule has 2 aliphatic rings. The average molecular weight is 425 g/mol. The molecule has 0 radical (unpaired) electrons. The van der Waals surface area contributed by atoms with E-state index in [1.165, 1.54) is 11.3 Å². The zero-order valence-corrected chi connectivity index (χ0v) is 17.3. The lowest BCUT2D eigenvalue weighted by atomic mass is 10.1. The lowest BCUT2D eigenvalue weighted by Gasteiger charge is -2.41. The van der Waals surface area contributed by atoms with E-state index < -0.39 is 6.23 Å². The SMILES string of the molecule is O=C(Nc1ccc(C(O)N2CC(Oc3ccnc4ccccc34)C2)s1)C1CCCN1. The van der Waals surface area contributed by atoms with Crippen molar-refractivity contribution in [2.45, 2.75) is 31.2 Å². The molecule has 3 N–H and O–H groups in total. The summed E-state index contributed by atoms with van der Waals surface area (Å²) in [7, 11) is 0. The number of pyridine rings is 1. The van der Waals surface area contributed by atoms with Crippen LogP contribution in [0.2, 0.25) is 0 Å².